The molecule has 2 aromatic rings. The second kappa shape index (κ2) is 8.42. The second-order valence-electron chi connectivity index (χ2n) is 7.54. The van der Waals surface area contributed by atoms with Crippen LogP contribution in [0.5, 0.6) is 0 Å². The number of carbonyl (C=O) groups is 1. The highest BCUT2D eigenvalue weighted by atomic mass is 16.2. The fraction of sp³-hybridized carbons (Fsp3) is 0.409. The van der Waals surface area contributed by atoms with Crippen LogP contribution in [0.1, 0.15) is 42.7 Å². The Kier molecular flexibility index (Phi) is 5.97. The number of rotatable bonds is 4. The summed E-state index contributed by atoms with van der Waals surface area (Å²) in [6.07, 6.45) is 8.45. The molecule has 0 atom stereocenters. The predicted octanol–water partition coefficient (Wildman–Crippen LogP) is 2.28. The highest BCUT2D eigenvalue weighted by Crippen LogP contribution is 2.34. The molecule has 1 heterocycles. The Morgan fingerprint density at radius 1 is 1.07 bits per heavy atom. The second-order valence-corrected chi connectivity index (χ2v) is 7.54. The third-order valence-corrected chi connectivity index (χ3v) is 5.74. The van der Waals surface area contributed by atoms with Gasteiger partial charge in [0.05, 0.1) is 5.56 Å². The zero-order valence-electron chi connectivity index (χ0n) is 16.7. The number of aromatic nitrogens is 2. The Balaban J connectivity index is 1.64. The Morgan fingerprint density at radius 3 is 2.36 bits per heavy atom. The smallest absolute Gasteiger partial charge is 0.330 e. The van der Waals surface area contributed by atoms with Gasteiger partial charge in [-0.25, -0.2) is 4.79 Å². The van der Waals surface area contributed by atoms with Gasteiger partial charge in [-0.2, -0.15) is 0 Å². The maximum atomic E-state index is 12.6. The van der Waals surface area contributed by atoms with Crippen molar-refractivity contribution in [2.75, 3.05) is 7.05 Å². The number of benzene rings is 1. The zero-order valence-corrected chi connectivity index (χ0v) is 16.7. The molecular weight excluding hydrogens is 354 g/mol. The molecule has 1 aromatic heterocycles. The SMILES string of the molecule is CN(C(=O)/C=C/c1cn(C)c(=O)n(C)c1=O)C1CCC(c2ccccc2)CC1. The van der Waals surface area contributed by atoms with Gasteiger partial charge in [0, 0.05) is 39.5 Å². The number of likely N-dealkylation sites (N-methyl/N-ethyl adjacent to an activating group) is 1. The molecule has 0 spiro atoms. The number of hydrogen-bond donors (Lipinski definition) is 0. The summed E-state index contributed by atoms with van der Waals surface area (Å²) in [5.74, 6) is 0.434. The third kappa shape index (κ3) is 4.16. The van der Waals surface area contributed by atoms with Crippen molar-refractivity contribution in [2.24, 2.45) is 14.1 Å². The molecule has 1 saturated carbocycles. The maximum absolute atomic E-state index is 12.6. The summed E-state index contributed by atoms with van der Waals surface area (Å²) in [4.78, 5) is 38.3. The van der Waals surface area contributed by atoms with E-state index in [1.165, 1.54) is 35.5 Å². The summed E-state index contributed by atoms with van der Waals surface area (Å²) in [6.45, 7) is 0. The molecule has 0 N–H and O–H groups in total. The first-order valence-corrected chi connectivity index (χ1v) is 9.65. The highest BCUT2D eigenvalue weighted by molar-refractivity contribution is 5.91. The first-order chi connectivity index (χ1) is 13.4. The van der Waals surface area contributed by atoms with E-state index in [4.69, 9.17) is 0 Å². The van der Waals surface area contributed by atoms with Gasteiger partial charge in [-0.1, -0.05) is 30.3 Å². The summed E-state index contributed by atoms with van der Waals surface area (Å²) < 4.78 is 2.37. The maximum Gasteiger partial charge on any atom is 0.330 e. The fourth-order valence-electron chi connectivity index (χ4n) is 3.93. The van der Waals surface area contributed by atoms with Gasteiger partial charge in [0.1, 0.15) is 0 Å². The van der Waals surface area contributed by atoms with Crippen LogP contribution in [-0.2, 0) is 18.9 Å². The van der Waals surface area contributed by atoms with Crippen LogP contribution >= 0.6 is 0 Å². The molecule has 0 unspecified atom stereocenters. The van der Waals surface area contributed by atoms with Crippen molar-refractivity contribution in [3.05, 3.63) is 74.6 Å². The number of carbonyl (C=O) groups excluding carboxylic acids is 1. The summed E-state index contributed by atoms with van der Waals surface area (Å²) in [5.41, 5.74) is 0.901. The summed E-state index contributed by atoms with van der Waals surface area (Å²) in [7, 11) is 4.83. The minimum Gasteiger partial charge on any atom is -0.339 e. The minimum atomic E-state index is -0.404. The van der Waals surface area contributed by atoms with Crippen LogP contribution in [0.3, 0.4) is 0 Å². The number of nitrogens with zero attached hydrogens (tertiary/aromatic N) is 3. The summed E-state index contributed by atoms with van der Waals surface area (Å²) >= 11 is 0. The Labute approximate surface area is 164 Å². The standard InChI is InChI=1S/C22H27N3O3/c1-23-15-18(21(27)25(3)22(23)28)11-14-20(26)24(2)19-12-9-17(10-13-19)16-7-5-4-6-8-16/h4-8,11,14-15,17,19H,9-10,12-13H2,1-3H3/b14-11+. The fourth-order valence-corrected chi connectivity index (χ4v) is 3.93. The van der Waals surface area contributed by atoms with E-state index in [2.05, 4.69) is 24.3 Å². The number of hydrogen-bond acceptors (Lipinski definition) is 3. The quantitative estimate of drug-likeness (QED) is 0.764. The molecule has 1 aromatic carbocycles. The summed E-state index contributed by atoms with van der Waals surface area (Å²) in [6, 6.07) is 10.7. The molecule has 0 saturated heterocycles. The third-order valence-electron chi connectivity index (χ3n) is 5.74. The van der Waals surface area contributed by atoms with E-state index in [0.717, 1.165) is 30.3 Å². The normalized spacial score (nSPS) is 19.7. The molecule has 3 rings (SSSR count). The van der Waals surface area contributed by atoms with Crippen molar-refractivity contribution in [3.8, 4) is 0 Å². The highest BCUT2D eigenvalue weighted by Gasteiger charge is 2.26. The lowest BCUT2D eigenvalue weighted by Gasteiger charge is -2.34. The molecule has 0 aliphatic heterocycles. The van der Waals surface area contributed by atoms with Crippen molar-refractivity contribution < 1.29 is 4.79 Å². The molecule has 6 heteroatoms. The van der Waals surface area contributed by atoms with Crippen LogP contribution in [0.2, 0.25) is 0 Å². The Bertz CT molecular complexity index is 980. The van der Waals surface area contributed by atoms with Gasteiger partial charge in [-0.15, -0.1) is 0 Å². The van der Waals surface area contributed by atoms with E-state index >= 15 is 0 Å². The van der Waals surface area contributed by atoms with E-state index in [9.17, 15) is 14.4 Å². The van der Waals surface area contributed by atoms with Crippen molar-refractivity contribution in [3.63, 3.8) is 0 Å². The minimum absolute atomic E-state index is 0.126. The van der Waals surface area contributed by atoms with Gasteiger partial charge in [-0.05, 0) is 43.2 Å². The van der Waals surface area contributed by atoms with Crippen LogP contribution in [-0.4, -0.2) is 33.0 Å². The van der Waals surface area contributed by atoms with Gasteiger partial charge in [0.15, 0.2) is 0 Å². The summed E-state index contributed by atoms with van der Waals surface area (Å²) in [5, 5.41) is 0. The molecule has 28 heavy (non-hydrogen) atoms. The molecule has 1 aliphatic rings. The first-order valence-electron chi connectivity index (χ1n) is 9.65. The Hall–Kier alpha value is -2.89. The molecule has 148 valence electrons. The molecular formula is C22H27N3O3. The van der Waals surface area contributed by atoms with E-state index in [-0.39, 0.29) is 17.6 Å². The van der Waals surface area contributed by atoms with E-state index in [0.29, 0.717) is 11.5 Å². The van der Waals surface area contributed by atoms with Crippen LogP contribution in [0.4, 0.5) is 0 Å². The van der Waals surface area contributed by atoms with Gasteiger partial charge in [0.2, 0.25) is 5.91 Å². The topological polar surface area (TPSA) is 64.3 Å². The van der Waals surface area contributed by atoms with Crippen LogP contribution < -0.4 is 11.2 Å². The molecule has 0 radical (unpaired) electrons. The lowest BCUT2D eigenvalue weighted by molar-refractivity contribution is -0.127. The van der Waals surface area contributed by atoms with E-state index in [1.54, 1.807) is 11.9 Å². The van der Waals surface area contributed by atoms with Crippen molar-refractivity contribution in [1.82, 2.24) is 14.0 Å². The molecule has 6 nitrogen and oxygen atoms in total. The largest absolute Gasteiger partial charge is 0.339 e. The van der Waals surface area contributed by atoms with Gasteiger partial charge < -0.3 is 9.47 Å². The number of amides is 1. The molecule has 1 amide bonds. The molecule has 1 fully saturated rings. The molecule has 0 bridgehead atoms. The van der Waals surface area contributed by atoms with Gasteiger partial charge in [-0.3, -0.25) is 14.2 Å². The first kappa shape index (κ1) is 19.9. The monoisotopic (exact) mass is 381 g/mol. The average molecular weight is 381 g/mol. The van der Waals surface area contributed by atoms with Crippen LogP contribution in [0, 0.1) is 0 Å². The van der Waals surface area contributed by atoms with Crippen molar-refractivity contribution in [1.29, 1.82) is 0 Å². The average Bonchev–Trinajstić information content (AvgIpc) is 2.73. The van der Waals surface area contributed by atoms with Gasteiger partial charge >= 0.3 is 5.69 Å². The van der Waals surface area contributed by atoms with Crippen molar-refractivity contribution >= 4 is 12.0 Å². The van der Waals surface area contributed by atoms with E-state index < -0.39 is 5.56 Å². The Morgan fingerprint density at radius 2 is 1.71 bits per heavy atom. The zero-order chi connectivity index (χ0) is 20.3. The lowest BCUT2D eigenvalue weighted by atomic mass is 9.81. The predicted molar refractivity (Wildman–Crippen MR) is 110 cm³/mol. The van der Waals surface area contributed by atoms with Crippen LogP contribution in [0.15, 0.2) is 52.2 Å². The number of aryl methyl sites for hydroxylation is 1. The lowest BCUT2D eigenvalue weighted by Crippen LogP contribution is -2.39. The van der Waals surface area contributed by atoms with Gasteiger partial charge in [0.25, 0.3) is 5.56 Å². The van der Waals surface area contributed by atoms with Crippen molar-refractivity contribution in [2.45, 2.75) is 37.6 Å². The van der Waals surface area contributed by atoms with Crippen LogP contribution in [0.25, 0.3) is 6.08 Å². The molecule has 1 aliphatic carbocycles. The van der Waals surface area contributed by atoms with E-state index in [1.807, 2.05) is 13.1 Å².